The molecule has 0 aromatic carbocycles. The van der Waals surface area contributed by atoms with Crippen molar-refractivity contribution < 1.29 is 19.2 Å². The Balaban J connectivity index is 4.03. The lowest BCUT2D eigenvalue weighted by Gasteiger charge is -2.35. The van der Waals surface area contributed by atoms with Gasteiger partial charge in [0.15, 0.2) is 6.04 Å². The van der Waals surface area contributed by atoms with Crippen molar-refractivity contribution in [2.45, 2.75) is 193 Å². The van der Waals surface area contributed by atoms with Crippen molar-refractivity contribution in [1.82, 2.24) is 0 Å². The van der Waals surface area contributed by atoms with Gasteiger partial charge in [0.25, 0.3) is 5.78 Å². The first-order valence-electron chi connectivity index (χ1n) is 17.3. The molecule has 2 unspecified atom stereocenters. The highest BCUT2D eigenvalue weighted by Crippen LogP contribution is 2.19. The van der Waals surface area contributed by atoms with Crippen molar-refractivity contribution in [3.63, 3.8) is 0 Å². The fraction of sp³-hybridized carbons (Fsp3) is 0.943. The van der Waals surface area contributed by atoms with Gasteiger partial charge in [0.05, 0.1) is 21.1 Å². The number of aliphatic hydroxyl groups is 1. The largest absolute Gasteiger partial charge is 0.386 e. The highest BCUT2D eigenvalue weighted by molar-refractivity contribution is 6.38. The third-order valence-corrected chi connectivity index (χ3v) is 8.35. The molecule has 0 amide bonds. The van der Waals surface area contributed by atoms with Gasteiger partial charge in [-0.05, 0) is 12.8 Å². The van der Waals surface area contributed by atoms with E-state index in [1.165, 1.54) is 122 Å². The second-order valence-corrected chi connectivity index (χ2v) is 13.2. The lowest BCUT2D eigenvalue weighted by Crippen LogP contribution is -2.57. The Labute approximate surface area is 244 Å². The maximum atomic E-state index is 13.1. The first-order valence-corrected chi connectivity index (χ1v) is 17.3. The van der Waals surface area contributed by atoms with Crippen LogP contribution in [0.3, 0.4) is 0 Å². The van der Waals surface area contributed by atoms with Crippen LogP contribution in [-0.2, 0) is 9.59 Å². The number of nitrogens with zero attached hydrogens (tertiary/aromatic N) is 1. The zero-order valence-electron chi connectivity index (χ0n) is 27.3. The van der Waals surface area contributed by atoms with Gasteiger partial charge in [0, 0.05) is 6.42 Å². The summed E-state index contributed by atoms with van der Waals surface area (Å²) in [5.41, 5.74) is 0. The van der Waals surface area contributed by atoms with Crippen LogP contribution in [-0.4, -0.2) is 54.4 Å². The van der Waals surface area contributed by atoms with E-state index in [1.54, 1.807) is 0 Å². The summed E-state index contributed by atoms with van der Waals surface area (Å²) in [4.78, 5) is 25.8. The van der Waals surface area contributed by atoms with Crippen LogP contribution in [0.4, 0.5) is 0 Å². The fourth-order valence-electron chi connectivity index (χ4n) is 5.81. The number of aliphatic hydroxyl groups excluding tert-OH is 1. The summed E-state index contributed by atoms with van der Waals surface area (Å²) in [5, 5.41) is 10.9. The van der Waals surface area contributed by atoms with Crippen LogP contribution in [0.5, 0.6) is 0 Å². The number of hydrogen-bond acceptors (Lipinski definition) is 3. The van der Waals surface area contributed by atoms with Crippen LogP contribution in [0.2, 0.25) is 0 Å². The Bertz CT molecular complexity index is 569. The van der Waals surface area contributed by atoms with Crippen LogP contribution < -0.4 is 0 Å². The molecule has 1 N–H and O–H groups in total. The maximum absolute atomic E-state index is 13.1. The molecule has 0 radical (unpaired) electrons. The molecule has 0 saturated carbocycles. The van der Waals surface area contributed by atoms with E-state index < -0.39 is 12.1 Å². The number of rotatable bonds is 30. The van der Waals surface area contributed by atoms with Crippen molar-refractivity contribution in [2.75, 3.05) is 21.1 Å². The SMILES string of the molecule is CCCCCCCCCCCCCCCC(O)C(C(=O)C(=O)CCCCCCCCCCCCC)[N+](C)(C)C. The number of Topliss-reactive ketones (excluding diaryl/α,β-unsaturated/α-hetero) is 2. The van der Waals surface area contributed by atoms with E-state index in [0.717, 1.165) is 32.1 Å². The topological polar surface area (TPSA) is 54.4 Å². The Kier molecular flexibility index (Phi) is 25.7. The molecule has 4 nitrogen and oxygen atoms in total. The highest BCUT2D eigenvalue weighted by atomic mass is 16.3. The third-order valence-electron chi connectivity index (χ3n) is 8.35. The summed E-state index contributed by atoms with van der Waals surface area (Å²) in [7, 11) is 5.77. The smallest absolute Gasteiger partial charge is 0.258 e. The molecule has 0 saturated heterocycles. The first kappa shape index (κ1) is 38.3. The maximum Gasteiger partial charge on any atom is 0.258 e. The Hall–Kier alpha value is -0.740. The van der Waals surface area contributed by atoms with Gasteiger partial charge in [-0.2, -0.15) is 0 Å². The second kappa shape index (κ2) is 26.2. The van der Waals surface area contributed by atoms with Crippen molar-refractivity contribution in [3.05, 3.63) is 0 Å². The minimum Gasteiger partial charge on any atom is -0.386 e. The highest BCUT2D eigenvalue weighted by Gasteiger charge is 2.40. The monoisotopic (exact) mass is 553 g/mol. The predicted molar refractivity (Wildman–Crippen MR) is 169 cm³/mol. The number of ketones is 2. The van der Waals surface area contributed by atoms with E-state index in [4.69, 9.17) is 0 Å². The Morgan fingerprint density at radius 1 is 0.513 bits per heavy atom. The summed E-state index contributed by atoms with van der Waals surface area (Å²) in [6.45, 7) is 4.52. The van der Waals surface area contributed by atoms with E-state index >= 15 is 0 Å². The molecule has 0 spiro atoms. The summed E-state index contributed by atoms with van der Waals surface area (Å²) >= 11 is 0. The van der Waals surface area contributed by atoms with Gasteiger partial charge in [-0.15, -0.1) is 0 Å². The van der Waals surface area contributed by atoms with Crippen LogP contribution in [0.15, 0.2) is 0 Å². The van der Waals surface area contributed by atoms with Gasteiger partial charge in [0.1, 0.15) is 6.10 Å². The molecule has 232 valence electrons. The molecule has 4 heteroatoms. The molecule has 0 aromatic rings. The zero-order valence-corrected chi connectivity index (χ0v) is 27.3. The average Bonchev–Trinajstić information content (AvgIpc) is 2.89. The van der Waals surface area contributed by atoms with Gasteiger partial charge in [0.2, 0.25) is 5.78 Å². The average molecular weight is 553 g/mol. The fourth-order valence-corrected chi connectivity index (χ4v) is 5.81. The third kappa shape index (κ3) is 22.6. The van der Waals surface area contributed by atoms with Crippen LogP contribution >= 0.6 is 0 Å². The second-order valence-electron chi connectivity index (χ2n) is 13.2. The molecule has 39 heavy (non-hydrogen) atoms. The molecule has 0 heterocycles. The normalized spacial score (nSPS) is 13.5. The van der Waals surface area contributed by atoms with Crippen molar-refractivity contribution in [2.24, 2.45) is 0 Å². The quantitative estimate of drug-likeness (QED) is 0.0548. The van der Waals surface area contributed by atoms with Crippen LogP contribution in [0, 0.1) is 0 Å². The first-order chi connectivity index (χ1) is 18.8. The molecule has 0 bridgehead atoms. The minimum atomic E-state index is -0.744. The van der Waals surface area contributed by atoms with Gasteiger partial charge in [-0.3, -0.25) is 9.59 Å². The summed E-state index contributed by atoms with van der Waals surface area (Å²) in [5.74, 6) is -0.648. The molecule has 2 atom stereocenters. The van der Waals surface area contributed by atoms with Crippen LogP contribution in [0.1, 0.15) is 181 Å². The number of carbonyl (C=O) groups is 2. The molecule has 0 rings (SSSR count). The number of hydrogen-bond donors (Lipinski definition) is 1. The Morgan fingerprint density at radius 2 is 0.821 bits per heavy atom. The van der Waals surface area contributed by atoms with Crippen LogP contribution in [0.25, 0.3) is 0 Å². The van der Waals surface area contributed by atoms with E-state index in [-0.39, 0.29) is 11.6 Å². The standard InChI is InChI=1S/C35H70NO3/c1-6-8-10-12-14-16-18-19-21-22-24-26-28-30-32(37)34(36(3,4)5)35(39)33(38)31-29-27-25-23-20-17-15-13-11-9-7-2/h32,34,37H,6-31H2,1-5H3/q+1. The molecule has 0 aromatic heterocycles. The van der Waals surface area contributed by atoms with Gasteiger partial charge in [-0.25, -0.2) is 0 Å². The van der Waals surface area contributed by atoms with Gasteiger partial charge < -0.3 is 9.59 Å². The lowest BCUT2D eigenvalue weighted by atomic mass is 9.93. The summed E-state index contributed by atoms with van der Waals surface area (Å²) in [6, 6.07) is -0.650. The number of quaternary nitrogens is 1. The lowest BCUT2D eigenvalue weighted by molar-refractivity contribution is -0.889. The molecule has 0 fully saturated rings. The van der Waals surface area contributed by atoms with Gasteiger partial charge >= 0.3 is 0 Å². The summed E-state index contributed by atoms with van der Waals surface area (Å²) in [6.07, 6.45) is 30.5. The minimum absolute atomic E-state index is 0.284. The van der Waals surface area contributed by atoms with E-state index in [2.05, 4.69) is 13.8 Å². The van der Waals surface area contributed by atoms with E-state index in [9.17, 15) is 14.7 Å². The zero-order chi connectivity index (χ0) is 29.2. The van der Waals surface area contributed by atoms with E-state index in [0.29, 0.717) is 17.3 Å². The summed E-state index contributed by atoms with van der Waals surface area (Å²) < 4.78 is 0.308. The molecular formula is C35H70NO3+. The van der Waals surface area contributed by atoms with Crippen molar-refractivity contribution in [1.29, 1.82) is 0 Å². The van der Waals surface area contributed by atoms with Crippen molar-refractivity contribution >= 4 is 11.6 Å². The Morgan fingerprint density at radius 3 is 1.15 bits per heavy atom. The molecule has 0 aliphatic heterocycles. The number of carbonyl (C=O) groups excluding carboxylic acids is 2. The van der Waals surface area contributed by atoms with Crippen molar-refractivity contribution in [3.8, 4) is 0 Å². The number of unbranched alkanes of at least 4 members (excludes halogenated alkanes) is 22. The molecule has 0 aliphatic rings. The van der Waals surface area contributed by atoms with Gasteiger partial charge in [-0.1, -0.05) is 162 Å². The molecule has 0 aliphatic carbocycles. The molecular weight excluding hydrogens is 482 g/mol. The number of likely N-dealkylation sites (N-methyl/N-ethyl adjacent to an activating group) is 1. The van der Waals surface area contributed by atoms with E-state index in [1.807, 2.05) is 21.1 Å². The predicted octanol–water partition coefficient (Wildman–Crippen LogP) is 9.74.